The van der Waals surface area contributed by atoms with Gasteiger partial charge in [-0.3, -0.25) is 0 Å². The molecule has 0 saturated heterocycles. The number of unbranched alkanes of at least 4 members (excludes halogenated alkanes) is 1. The Morgan fingerprint density at radius 1 is 1.38 bits per heavy atom. The molecule has 1 rings (SSSR count). The summed E-state index contributed by atoms with van der Waals surface area (Å²) in [6.07, 6.45) is 6.83. The summed E-state index contributed by atoms with van der Waals surface area (Å²) in [7, 11) is -1.23. The zero-order chi connectivity index (χ0) is 12.6. The van der Waals surface area contributed by atoms with Gasteiger partial charge in [-0.1, -0.05) is 33.3 Å². The van der Waals surface area contributed by atoms with Gasteiger partial charge in [0.05, 0.1) is 0 Å². The molecule has 4 heteroatoms. The fourth-order valence-corrected chi connectivity index (χ4v) is 1.49. The van der Waals surface area contributed by atoms with Crippen molar-refractivity contribution in [3.63, 3.8) is 0 Å². The van der Waals surface area contributed by atoms with E-state index >= 15 is 0 Å². The van der Waals surface area contributed by atoms with Crippen molar-refractivity contribution < 1.29 is 15.2 Å². The Kier molecular flexibility index (Phi) is 7.72. The van der Waals surface area contributed by atoms with E-state index in [0.29, 0.717) is 12.0 Å². The molecule has 0 aromatic rings. The average Bonchev–Trinajstić information content (AvgIpc) is 2.19. The van der Waals surface area contributed by atoms with Crippen molar-refractivity contribution in [2.45, 2.75) is 52.9 Å². The summed E-state index contributed by atoms with van der Waals surface area (Å²) in [4.78, 5) is 0. The molecule has 3 nitrogen and oxygen atoms in total. The molecule has 0 saturated carbocycles. The fraction of sp³-hybridized carbons (Fsp3) is 0.833. The Morgan fingerprint density at radius 2 is 2.00 bits per heavy atom. The predicted molar refractivity (Wildman–Crippen MR) is 67.9 cm³/mol. The summed E-state index contributed by atoms with van der Waals surface area (Å²) in [6.45, 7) is 6.79. The highest BCUT2D eigenvalue weighted by molar-refractivity contribution is 6.50. The van der Waals surface area contributed by atoms with Crippen molar-refractivity contribution in [1.29, 1.82) is 0 Å². The van der Waals surface area contributed by atoms with Crippen molar-refractivity contribution in [2.75, 3.05) is 6.61 Å². The van der Waals surface area contributed by atoms with Crippen LogP contribution in [0.25, 0.3) is 0 Å². The summed E-state index contributed by atoms with van der Waals surface area (Å²) >= 11 is 0. The molecule has 0 heterocycles. The molecule has 0 atom stereocenters. The Bertz CT molecular complexity index is 210. The van der Waals surface area contributed by atoms with Gasteiger partial charge >= 0.3 is 7.12 Å². The number of aliphatic hydroxyl groups is 1. The van der Waals surface area contributed by atoms with Gasteiger partial charge < -0.3 is 15.2 Å². The summed E-state index contributed by atoms with van der Waals surface area (Å²) in [5, 5.41) is 25.7. The fourth-order valence-electron chi connectivity index (χ4n) is 1.49. The van der Waals surface area contributed by atoms with Crippen LogP contribution in [0.5, 0.6) is 0 Å². The summed E-state index contributed by atoms with van der Waals surface area (Å²) in [6, 6.07) is 0. The molecular weight excluding hydrogens is 203 g/mol. The Hall–Kier alpha value is -0.315. The molecule has 0 aromatic carbocycles. The lowest BCUT2D eigenvalue weighted by molar-refractivity contribution is 0.287. The van der Waals surface area contributed by atoms with E-state index < -0.39 is 7.12 Å². The lowest BCUT2D eigenvalue weighted by atomic mass is 9.67. The summed E-state index contributed by atoms with van der Waals surface area (Å²) < 4.78 is 0. The number of aliphatic hydroxyl groups excluding tert-OH is 1. The third-order valence-electron chi connectivity index (χ3n) is 2.85. The van der Waals surface area contributed by atoms with Gasteiger partial charge in [0.1, 0.15) is 0 Å². The molecule has 0 bridgehead atoms. The lowest BCUT2D eigenvalue weighted by Crippen LogP contribution is -2.22. The maximum absolute atomic E-state index is 8.83. The topological polar surface area (TPSA) is 60.7 Å². The Morgan fingerprint density at radius 3 is 2.25 bits per heavy atom. The van der Waals surface area contributed by atoms with Crippen LogP contribution < -0.4 is 0 Å². The third kappa shape index (κ3) is 7.04. The SMILES string of the molecule is CC1(C)CC=C(B(O)O)CC1.CCCCO. The van der Waals surface area contributed by atoms with Gasteiger partial charge in [0.15, 0.2) is 0 Å². The van der Waals surface area contributed by atoms with Gasteiger partial charge in [0, 0.05) is 6.61 Å². The van der Waals surface area contributed by atoms with E-state index in [-0.39, 0.29) is 0 Å². The highest BCUT2D eigenvalue weighted by atomic mass is 16.4. The predicted octanol–water partition coefficient (Wildman–Crippen LogP) is 1.91. The van der Waals surface area contributed by atoms with E-state index in [1.54, 1.807) is 0 Å². The number of allylic oxidation sites excluding steroid dienone is 2. The molecule has 0 aromatic heterocycles. The minimum atomic E-state index is -1.23. The molecule has 0 radical (unpaired) electrons. The zero-order valence-corrected chi connectivity index (χ0v) is 10.7. The second kappa shape index (κ2) is 7.88. The van der Waals surface area contributed by atoms with Gasteiger partial charge in [0.2, 0.25) is 0 Å². The first-order chi connectivity index (χ1) is 7.43. The highest BCUT2D eigenvalue weighted by Crippen LogP contribution is 2.34. The molecular formula is C12H25BO3. The van der Waals surface area contributed by atoms with Gasteiger partial charge in [-0.15, -0.1) is 0 Å². The molecule has 0 spiro atoms. The van der Waals surface area contributed by atoms with Gasteiger partial charge in [-0.05, 0) is 36.6 Å². The van der Waals surface area contributed by atoms with Crippen molar-refractivity contribution in [2.24, 2.45) is 5.41 Å². The number of rotatable bonds is 3. The van der Waals surface area contributed by atoms with E-state index in [0.717, 1.165) is 37.6 Å². The first kappa shape index (κ1) is 15.7. The van der Waals surface area contributed by atoms with Crippen molar-refractivity contribution in [3.8, 4) is 0 Å². The normalized spacial score (nSPS) is 18.2. The monoisotopic (exact) mass is 228 g/mol. The van der Waals surface area contributed by atoms with Crippen LogP contribution in [-0.4, -0.2) is 28.9 Å². The van der Waals surface area contributed by atoms with Crippen molar-refractivity contribution >= 4 is 7.12 Å². The quantitative estimate of drug-likeness (QED) is 0.646. The van der Waals surface area contributed by atoms with E-state index in [2.05, 4.69) is 20.8 Å². The molecule has 0 amide bonds. The molecule has 0 unspecified atom stereocenters. The molecule has 94 valence electrons. The Balaban J connectivity index is 0.000000385. The van der Waals surface area contributed by atoms with E-state index in [1.165, 1.54) is 0 Å². The van der Waals surface area contributed by atoms with Crippen LogP contribution in [0.15, 0.2) is 11.5 Å². The molecule has 0 aliphatic heterocycles. The maximum atomic E-state index is 8.83. The minimum absolute atomic E-state index is 0.344. The molecule has 3 N–H and O–H groups in total. The van der Waals surface area contributed by atoms with Gasteiger partial charge in [-0.25, -0.2) is 0 Å². The average molecular weight is 228 g/mol. The summed E-state index contributed by atoms with van der Waals surface area (Å²) in [5.74, 6) is 0. The van der Waals surface area contributed by atoms with E-state index in [9.17, 15) is 0 Å². The smallest absolute Gasteiger partial charge is 0.423 e. The molecule has 16 heavy (non-hydrogen) atoms. The maximum Gasteiger partial charge on any atom is 0.483 e. The number of hydrogen-bond donors (Lipinski definition) is 3. The van der Waals surface area contributed by atoms with Crippen LogP contribution in [0.2, 0.25) is 0 Å². The third-order valence-corrected chi connectivity index (χ3v) is 2.85. The second-order valence-electron chi connectivity index (χ2n) is 5.10. The van der Waals surface area contributed by atoms with Crippen molar-refractivity contribution in [3.05, 3.63) is 11.5 Å². The first-order valence-corrected chi connectivity index (χ1v) is 6.09. The number of hydrogen-bond acceptors (Lipinski definition) is 3. The Labute approximate surface area is 99.3 Å². The molecule has 1 aliphatic carbocycles. The second-order valence-corrected chi connectivity index (χ2v) is 5.10. The van der Waals surface area contributed by atoms with Crippen LogP contribution in [0.1, 0.15) is 52.9 Å². The summed E-state index contributed by atoms with van der Waals surface area (Å²) in [5.41, 5.74) is 1.13. The molecule has 0 fully saturated rings. The van der Waals surface area contributed by atoms with Crippen LogP contribution in [0, 0.1) is 5.41 Å². The largest absolute Gasteiger partial charge is 0.483 e. The van der Waals surface area contributed by atoms with Gasteiger partial charge in [-0.2, -0.15) is 0 Å². The standard InChI is InChI=1S/C8H15BO2.C4H10O/c1-8(2)5-3-7(4-6-8)9(10)11;1-2-3-4-5/h3,10-11H,4-6H2,1-2H3;5H,2-4H2,1H3. The minimum Gasteiger partial charge on any atom is -0.423 e. The van der Waals surface area contributed by atoms with Crippen LogP contribution in [0.3, 0.4) is 0 Å². The highest BCUT2D eigenvalue weighted by Gasteiger charge is 2.25. The lowest BCUT2D eigenvalue weighted by Gasteiger charge is -2.28. The van der Waals surface area contributed by atoms with Crippen molar-refractivity contribution in [1.82, 2.24) is 0 Å². The van der Waals surface area contributed by atoms with E-state index in [1.807, 2.05) is 6.08 Å². The van der Waals surface area contributed by atoms with Crippen LogP contribution in [0.4, 0.5) is 0 Å². The van der Waals surface area contributed by atoms with Gasteiger partial charge in [0.25, 0.3) is 0 Å². The molecule has 1 aliphatic rings. The van der Waals surface area contributed by atoms with Crippen LogP contribution in [-0.2, 0) is 0 Å². The van der Waals surface area contributed by atoms with E-state index in [4.69, 9.17) is 15.2 Å². The first-order valence-electron chi connectivity index (χ1n) is 6.09. The zero-order valence-electron chi connectivity index (χ0n) is 10.7. The van der Waals surface area contributed by atoms with Crippen LogP contribution >= 0.6 is 0 Å².